The molecule has 0 saturated heterocycles. The summed E-state index contributed by atoms with van der Waals surface area (Å²) in [6.07, 6.45) is -0.679. The van der Waals surface area contributed by atoms with Crippen LogP contribution < -0.4 is 10.1 Å². The van der Waals surface area contributed by atoms with E-state index in [0.717, 1.165) is 25.7 Å². The molecule has 2 aliphatic rings. The number of carbonyl (C=O) groups excluding carboxylic acids is 1. The molecule has 0 bridgehead atoms. The number of halogens is 3. The molecule has 1 aromatic rings. The number of rotatable bonds is 2. The maximum Gasteiger partial charge on any atom is 0.573 e. The fourth-order valence-corrected chi connectivity index (χ4v) is 3.22. The highest BCUT2D eigenvalue weighted by Gasteiger charge is 2.39. The molecule has 1 saturated carbocycles. The van der Waals surface area contributed by atoms with Crippen LogP contribution in [0.4, 0.5) is 18.9 Å². The van der Waals surface area contributed by atoms with E-state index in [4.69, 9.17) is 0 Å². The van der Waals surface area contributed by atoms with Gasteiger partial charge >= 0.3 is 6.36 Å². The highest BCUT2D eigenvalue weighted by molar-refractivity contribution is 6.03. The Morgan fingerprint density at radius 2 is 1.90 bits per heavy atom. The Morgan fingerprint density at radius 1 is 1.20 bits per heavy atom. The summed E-state index contributed by atoms with van der Waals surface area (Å²) in [5.74, 6) is -0.506. The van der Waals surface area contributed by atoms with Crippen molar-refractivity contribution in [1.29, 1.82) is 0 Å². The van der Waals surface area contributed by atoms with Gasteiger partial charge in [0.1, 0.15) is 5.75 Å². The van der Waals surface area contributed by atoms with Crippen LogP contribution in [0.1, 0.15) is 37.2 Å². The Hall–Kier alpha value is -1.72. The first-order chi connectivity index (χ1) is 9.44. The molecule has 1 amide bonds. The molecule has 6 heteroatoms. The Morgan fingerprint density at radius 3 is 2.55 bits per heavy atom. The van der Waals surface area contributed by atoms with E-state index in [1.165, 1.54) is 18.2 Å². The van der Waals surface area contributed by atoms with Crippen LogP contribution in [-0.2, 0) is 4.79 Å². The SMILES string of the molecule is O=C1Nc2ccc(OC(F)(F)F)cc2C1C1CCCC1. The third-order valence-corrected chi connectivity index (χ3v) is 4.00. The normalized spacial score (nSPS) is 22.8. The summed E-state index contributed by atoms with van der Waals surface area (Å²) >= 11 is 0. The second kappa shape index (κ2) is 4.68. The molecule has 108 valence electrons. The minimum Gasteiger partial charge on any atom is -0.406 e. The van der Waals surface area contributed by atoms with Gasteiger partial charge in [0.05, 0.1) is 5.92 Å². The number of carbonyl (C=O) groups is 1. The van der Waals surface area contributed by atoms with Crippen molar-refractivity contribution in [3.8, 4) is 5.75 Å². The molecule has 1 aliphatic carbocycles. The van der Waals surface area contributed by atoms with E-state index in [1.54, 1.807) is 0 Å². The lowest BCUT2D eigenvalue weighted by molar-refractivity contribution is -0.274. The molecule has 1 unspecified atom stereocenters. The third kappa shape index (κ3) is 2.46. The van der Waals surface area contributed by atoms with E-state index in [9.17, 15) is 18.0 Å². The average Bonchev–Trinajstić information content (AvgIpc) is 2.92. The predicted octanol–water partition coefficient (Wildman–Crippen LogP) is 3.81. The number of nitrogens with one attached hydrogen (secondary N) is 1. The number of hydrogen-bond acceptors (Lipinski definition) is 2. The van der Waals surface area contributed by atoms with E-state index >= 15 is 0 Å². The largest absolute Gasteiger partial charge is 0.573 e. The van der Waals surface area contributed by atoms with Crippen LogP contribution in [0.5, 0.6) is 5.75 Å². The number of amides is 1. The molecule has 1 aromatic carbocycles. The van der Waals surface area contributed by atoms with Crippen molar-refractivity contribution in [3.63, 3.8) is 0 Å². The molecule has 0 aromatic heterocycles. The molecule has 1 fully saturated rings. The van der Waals surface area contributed by atoms with Crippen LogP contribution in [0.15, 0.2) is 18.2 Å². The summed E-state index contributed by atoms with van der Waals surface area (Å²) in [6, 6.07) is 4.04. The van der Waals surface area contributed by atoms with Crippen molar-refractivity contribution >= 4 is 11.6 Å². The summed E-state index contributed by atoms with van der Waals surface area (Å²) < 4.78 is 40.7. The highest BCUT2D eigenvalue weighted by Crippen LogP contribution is 2.45. The zero-order valence-electron chi connectivity index (χ0n) is 10.7. The Labute approximate surface area is 114 Å². The molecule has 3 nitrogen and oxygen atoms in total. The Kier molecular flexibility index (Phi) is 3.11. The lowest BCUT2D eigenvalue weighted by Crippen LogP contribution is -2.19. The summed E-state index contributed by atoms with van der Waals surface area (Å²) in [7, 11) is 0. The Balaban J connectivity index is 1.91. The monoisotopic (exact) mass is 285 g/mol. The molecule has 0 spiro atoms. The van der Waals surface area contributed by atoms with Crippen LogP contribution >= 0.6 is 0 Å². The van der Waals surface area contributed by atoms with Gasteiger partial charge in [-0.15, -0.1) is 13.2 Å². The van der Waals surface area contributed by atoms with Crippen molar-refractivity contribution in [2.45, 2.75) is 38.0 Å². The molecule has 1 aliphatic heterocycles. The molecule has 3 rings (SSSR count). The lowest BCUT2D eigenvalue weighted by Gasteiger charge is -2.17. The summed E-state index contributed by atoms with van der Waals surface area (Å²) in [4.78, 5) is 12.0. The number of fused-ring (bicyclic) bond motifs is 1. The average molecular weight is 285 g/mol. The van der Waals surface area contributed by atoms with Crippen molar-refractivity contribution in [2.24, 2.45) is 5.92 Å². The standard InChI is InChI=1S/C14H14F3NO2/c15-14(16,17)20-9-5-6-11-10(7-9)12(13(19)18-11)8-3-1-2-4-8/h5-8,12H,1-4H2,(H,18,19). The van der Waals surface area contributed by atoms with Gasteiger partial charge in [-0.25, -0.2) is 0 Å². The van der Waals surface area contributed by atoms with Gasteiger partial charge in [-0.05, 0) is 42.5 Å². The molecule has 1 atom stereocenters. The topological polar surface area (TPSA) is 38.3 Å². The second-order valence-electron chi connectivity index (χ2n) is 5.31. The molecule has 20 heavy (non-hydrogen) atoms. The van der Waals surface area contributed by atoms with E-state index < -0.39 is 6.36 Å². The summed E-state index contributed by atoms with van der Waals surface area (Å²) in [6.45, 7) is 0. The van der Waals surface area contributed by atoms with Gasteiger partial charge in [0.15, 0.2) is 0 Å². The number of hydrogen-bond donors (Lipinski definition) is 1. The zero-order valence-corrected chi connectivity index (χ0v) is 10.7. The fraction of sp³-hybridized carbons (Fsp3) is 0.500. The molecular weight excluding hydrogens is 271 g/mol. The van der Waals surface area contributed by atoms with Crippen molar-refractivity contribution in [1.82, 2.24) is 0 Å². The predicted molar refractivity (Wildman–Crippen MR) is 66.5 cm³/mol. The minimum absolute atomic E-state index is 0.115. The van der Waals surface area contributed by atoms with Gasteiger partial charge in [0, 0.05) is 5.69 Å². The van der Waals surface area contributed by atoms with Gasteiger partial charge in [-0.3, -0.25) is 4.79 Å². The van der Waals surface area contributed by atoms with Gasteiger partial charge in [0.25, 0.3) is 0 Å². The van der Waals surface area contributed by atoms with Gasteiger partial charge in [0.2, 0.25) is 5.91 Å². The molecule has 1 heterocycles. The first-order valence-corrected chi connectivity index (χ1v) is 6.64. The van der Waals surface area contributed by atoms with E-state index in [-0.39, 0.29) is 23.5 Å². The quantitative estimate of drug-likeness (QED) is 0.897. The zero-order chi connectivity index (χ0) is 14.3. The van der Waals surface area contributed by atoms with Crippen molar-refractivity contribution in [2.75, 3.05) is 5.32 Å². The fourth-order valence-electron chi connectivity index (χ4n) is 3.22. The van der Waals surface area contributed by atoms with E-state index in [2.05, 4.69) is 10.1 Å². The van der Waals surface area contributed by atoms with Crippen LogP contribution in [0.3, 0.4) is 0 Å². The highest BCUT2D eigenvalue weighted by atomic mass is 19.4. The number of anilines is 1. The summed E-state index contributed by atoms with van der Waals surface area (Å²) in [5, 5.41) is 2.74. The molecule has 1 N–H and O–H groups in total. The lowest BCUT2D eigenvalue weighted by atomic mass is 9.86. The van der Waals surface area contributed by atoms with E-state index in [0.29, 0.717) is 11.3 Å². The van der Waals surface area contributed by atoms with Gasteiger partial charge < -0.3 is 10.1 Å². The maximum atomic E-state index is 12.3. The third-order valence-electron chi connectivity index (χ3n) is 4.00. The first-order valence-electron chi connectivity index (χ1n) is 6.64. The van der Waals surface area contributed by atoms with Crippen LogP contribution in [0.2, 0.25) is 0 Å². The van der Waals surface area contributed by atoms with Gasteiger partial charge in [-0.2, -0.15) is 0 Å². The van der Waals surface area contributed by atoms with Crippen LogP contribution in [-0.4, -0.2) is 12.3 Å². The van der Waals surface area contributed by atoms with Crippen molar-refractivity contribution < 1.29 is 22.7 Å². The number of ether oxygens (including phenoxy) is 1. The minimum atomic E-state index is -4.72. The summed E-state index contributed by atoms with van der Waals surface area (Å²) in [5.41, 5.74) is 1.23. The Bertz CT molecular complexity index is 536. The van der Waals surface area contributed by atoms with Crippen LogP contribution in [0, 0.1) is 5.92 Å². The molecule has 0 radical (unpaired) electrons. The smallest absolute Gasteiger partial charge is 0.406 e. The molecular formula is C14H14F3NO2. The van der Waals surface area contributed by atoms with Gasteiger partial charge in [-0.1, -0.05) is 12.8 Å². The van der Waals surface area contributed by atoms with Crippen molar-refractivity contribution in [3.05, 3.63) is 23.8 Å². The first kappa shape index (κ1) is 13.3. The second-order valence-corrected chi connectivity index (χ2v) is 5.31. The number of benzene rings is 1. The maximum absolute atomic E-state index is 12.3. The van der Waals surface area contributed by atoms with E-state index in [1.807, 2.05) is 0 Å². The van der Waals surface area contributed by atoms with Crippen LogP contribution in [0.25, 0.3) is 0 Å². The number of alkyl halides is 3.